The molecule has 22 heavy (non-hydrogen) atoms. The topological polar surface area (TPSA) is 41.6 Å². The van der Waals surface area contributed by atoms with Crippen LogP contribution in [0, 0.1) is 11.8 Å². The summed E-state index contributed by atoms with van der Waals surface area (Å²) < 4.78 is 6.42. The van der Waals surface area contributed by atoms with Crippen LogP contribution in [0.15, 0.2) is 18.4 Å². The van der Waals surface area contributed by atoms with E-state index in [0.717, 1.165) is 6.42 Å². The van der Waals surface area contributed by atoms with Crippen LogP contribution in [-0.2, 0) is 9.53 Å². The molecule has 0 radical (unpaired) electrons. The Kier molecular flexibility index (Phi) is 6.42. The minimum atomic E-state index is -0.429. The van der Waals surface area contributed by atoms with Crippen molar-refractivity contribution in [3.05, 3.63) is 18.4 Å². The van der Waals surface area contributed by atoms with Crippen molar-refractivity contribution in [3.8, 4) is 0 Å². The average Bonchev–Trinajstić information content (AvgIpc) is 2.65. The Morgan fingerprint density at radius 1 is 1.41 bits per heavy atom. The van der Waals surface area contributed by atoms with Gasteiger partial charge in [0.15, 0.2) is 0 Å². The lowest BCUT2D eigenvalue weighted by Crippen LogP contribution is -2.63. The zero-order valence-electron chi connectivity index (χ0n) is 15.1. The van der Waals surface area contributed by atoms with Gasteiger partial charge in [-0.25, -0.2) is 0 Å². The van der Waals surface area contributed by atoms with Gasteiger partial charge in [0.1, 0.15) is 0 Å². The zero-order chi connectivity index (χ0) is 17.1. The summed E-state index contributed by atoms with van der Waals surface area (Å²) in [6.07, 6.45) is 2.86. The molecule has 4 nitrogen and oxygen atoms in total. The van der Waals surface area contributed by atoms with E-state index in [2.05, 4.69) is 50.2 Å². The second-order valence-electron chi connectivity index (χ2n) is 7.28. The SMILES string of the molecule is C=C=C[C@]1(N(C)C)[C@H](C(C)C)O[C@H](CC(C)C)[C@@H]1NC(C)=O. The van der Waals surface area contributed by atoms with Gasteiger partial charge in [0.05, 0.1) is 23.8 Å². The van der Waals surface area contributed by atoms with Crippen molar-refractivity contribution in [3.63, 3.8) is 0 Å². The number of hydrogen-bond donors (Lipinski definition) is 1. The zero-order valence-corrected chi connectivity index (χ0v) is 15.1. The Labute approximate surface area is 135 Å². The fraction of sp³-hybridized carbons (Fsp3) is 0.778. The first-order valence-corrected chi connectivity index (χ1v) is 8.13. The summed E-state index contributed by atoms with van der Waals surface area (Å²) in [7, 11) is 4.05. The predicted molar refractivity (Wildman–Crippen MR) is 90.7 cm³/mol. The molecule has 0 spiro atoms. The van der Waals surface area contributed by atoms with Gasteiger partial charge >= 0.3 is 0 Å². The standard InChI is InChI=1S/C18H32N2O2/c1-9-10-18(20(7)8)16(19-14(6)21)15(11-12(2)3)22-17(18)13(4)5/h10,12-13,15-17H,1,11H2,2-8H3,(H,19,21)/t15-,16+,17+,18-/m1/s1. The van der Waals surface area contributed by atoms with Crippen LogP contribution in [0.2, 0.25) is 0 Å². The molecule has 1 N–H and O–H groups in total. The quantitative estimate of drug-likeness (QED) is 0.767. The van der Waals surface area contributed by atoms with E-state index in [4.69, 9.17) is 4.74 Å². The number of carbonyl (C=O) groups excluding carboxylic acids is 1. The Bertz CT molecular complexity index is 438. The first-order valence-electron chi connectivity index (χ1n) is 8.13. The van der Waals surface area contributed by atoms with Crippen molar-refractivity contribution in [2.24, 2.45) is 11.8 Å². The maximum Gasteiger partial charge on any atom is 0.217 e. The Hall–Kier alpha value is -1.09. The molecule has 1 rings (SSSR count). The fourth-order valence-electron chi connectivity index (χ4n) is 3.62. The fourth-order valence-corrected chi connectivity index (χ4v) is 3.62. The smallest absolute Gasteiger partial charge is 0.217 e. The average molecular weight is 308 g/mol. The maximum atomic E-state index is 11.8. The maximum absolute atomic E-state index is 11.8. The van der Waals surface area contributed by atoms with E-state index < -0.39 is 5.54 Å². The van der Waals surface area contributed by atoms with E-state index in [-0.39, 0.29) is 24.2 Å². The molecule has 0 saturated carbocycles. The highest BCUT2D eigenvalue weighted by Gasteiger charge is 2.57. The monoisotopic (exact) mass is 308 g/mol. The Balaban J connectivity index is 3.38. The van der Waals surface area contributed by atoms with Gasteiger partial charge < -0.3 is 10.1 Å². The molecule has 0 aliphatic carbocycles. The summed E-state index contributed by atoms with van der Waals surface area (Å²) in [5.74, 6) is 0.788. The highest BCUT2D eigenvalue weighted by atomic mass is 16.5. The molecule has 4 atom stereocenters. The number of hydrogen-bond acceptors (Lipinski definition) is 3. The second kappa shape index (κ2) is 7.45. The van der Waals surface area contributed by atoms with Crippen molar-refractivity contribution >= 4 is 5.91 Å². The number of ether oxygens (including phenoxy) is 1. The van der Waals surface area contributed by atoms with Crippen LogP contribution in [0.1, 0.15) is 41.0 Å². The van der Waals surface area contributed by atoms with E-state index in [1.54, 1.807) is 6.92 Å². The first-order chi connectivity index (χ1) is 10.2. The summed E-state index contributed by atoms with van der Waals surface area (Å²) in [5.41, 5.74) is 2.52. The van der Waals surface area contributed by atoms with Crippen molar-refractivity contribution in [1.82, 2.24) is 10.2 Å². The minimum Gasteiger partial charge on any atom is -0.370 e. The van der Waals surface area contributed by atoms with Crippen LogP contribution in [0.4, 0.5) is 0 Å². The summed E-state index contributed by atoms with van der Waals surface area (Å²) >= 11 is 0. The molecule has 0 aromatic carbocycles. The van der Waals surface area contributed by atoms with E-state index in [9.17, 15) is 4.79 Å². The van der Waals surface area contributed by atoms with Crippen molar-refractivity contribution in [1.29, 1.82) is 0 Å². The lowest BCUT2D eigenvalue weighted by molar-refractivity contribution is -0.120. The molecule has 1 saturated heterocycles. The molecule has 0 aromatic rings. The van der Waals surface area contributed by atoms with Crippen LogP contribution >= 0.6 is 0 Å². The molecule has 126 valence electrons. The van der Waals surface area contributed by atoms with E-state index >= 15 is 0 Å². The number of amides is 1. The van der Waals surface area contributed by atoms with Gasteiger partial charge in [0.25, 0.3) is 0 Å². The summed E-state index contributed by atoms with van der Waals surface area (Å²) in [6, 6.07) is -0.107. The number of likely N-dealkylation sites (N-methyl/N-ethyl adjacent to an activating group) is 1. The number of nitrogens with zero attached hydrogens (tertiary/aromatic N) is 1. The van der Waals surface area contributed by atoms with Crippen molar-refractivity contribution in [2.75, 3.05) is 14.1 Å². The highest BCUT2D eigenvalue weighted by molar-refractivity contribution is 5.73. The molecule has 1 aliphatic rings. The van der Waals surface area contributed by atoms with Crippen LogP contribution in [-0.4, -0.2) is 48.7 Å². The van der Waals surface area contributed by atoms with E-state index in [0.29, 0.717) is 11.8 Å². The molecule has 0 aromatic heterocycles. The summed E-state index contributed by atoms with van der Waals surface area (Å²) in [5, 5.41) is 3.13. The highest BCUT2D eigenvalue weighted by Crippen LogP contribution is 2.41. The van der Waals surface area contributed by atoms with Crippen molar-refractivity contribution < 1.29 is 9.53 Å². The van der Waals surface area contributed by atoms with Gasteiger partial charge in [-0.15, -0.1) is 5.73 Å². The van der Waals surface area contributed by atoms with Gasteiger partial charge in [-0.1, -0.05) is 34.3 Å². The molecular formula is C18H32N2O2. The third-order valence-corrected chi connectivity index (χ3v) is 4.42. The van der Waals surface area contributed by atoms with Crippen molar-refractivity contribution in [2.45, 2.75) is 64.8 Å². The molecule has 1 aliphatic heterocycles. The summed E-state index contributed by atoms with van der Waals surface area (Å²) in [4.78, 5) is 13.9. The largest absolute Gasteiger partial charge is 0.370 e. The van der Waals surface area contributed by atoms with Crippen LogP contribution in [0.25, 0.3) is 0 Å². The lowest BCUT2D eigenvalue weighted by Gasteiger charge is -2.43. The normalized spacial score (nSPS) is 31.6. The molecule has 0 unspecified atom stereocenters. The van der Waals surface area contributed by atoms with Crippen LogP contribution < -0.4 is 5.32 Å². The van der Waals surface area contributed by atoms with Crippen LogP contribution in [0.5, 0.6) is 0 Å². The molecule has 1 heterocycles. The van der Waals surface area contributed by atoms with Gasteiger partial charge in [-0.05, 0) is 38.4 Å². The third kappa shape index (κ3) is 3.62. The van der Waals surface area contributed by atoms with E-state index in [1.165, 1.54) is 0 Å². The van der Waals surface area contributed by atoms with Gasteiger partial charge in [-0.2, -0.15) is 0 Å². The number of rotatable bonds is 6. The third-order valence-electron chi connectivity index (χ3n) is 4.42. The lowest BCUT2D eigenvalue weighted by atomic mass is 9.78. The predicted octanol–water partition coefficient (Wildman–Crippen LogP) is 2.60. The molecule has 4 heteroatoms. The number of nitrogens with one attached hydrogen (secondary N) is 1. The van der Waals surface area contributed by atoms with Gasteiger partial charge in [0, 0.05) is 6.92 Å². The Morgan fingerprint density at radius 2 is 2.00 bits per heavy atom. The van der Waals surface area contributed by atoms with Gasteiger partial charge in [-0.3, -0.25) is 9.69 Å². The second-order valence-corrected chi connectivity index (χ2v) is 7.28. The molecule has 0 bridgehead atoms. The molecule has 1 fully saturated rings. The van der Waals surface area contributed by atoms with Gasteiger partial charge in [0.2, 0.25) is 5.91 Å². The minimum absolute atomic E-state index is 0.0108. The molecule has 1 amide bonds. The summed E-state index contributed by atoms with van der Waals surface area (Å²) in [6.45, 7) is 14.0. The number of carbonyl (C=O) groups is 1. The Morgan fingerprint density at radius 3 is 2.36 bits per heavy atom. The van der Waals surface area contributed by atoms with E-state index in [1.807, 2.05) is 20.2 Å². The first kappa shape index (κ1) is 19.0. The van der Waals surface area contributed by atoms with Crippen LogP contribution in [0.3, 0.4) is 0 Å². The molecular weight excluding hydrogens is 276 g/mol.